The van der Waals surface area contributed by atoms with Crippen LogP contribution in [0.5, 0.6) is 0 Å². The van der Waals surface area contributed by atoms with Crippen molar-refractivity contribution in [2.45, 2.75) is 31.2 Å². The fraction of sp³-hybridized carbons (Fsp3) is 0.211. The molecule has 3 aromatic rings. The van der Waals surface area contributed by atoms with Crippen molar-refractivity contribution in [1.29, 1.82) is 0 Å². The van der Waals surface area contributed by atoms with Crippen LogP contribution in [0.2, 0.25) is 5.02 Å². The van der Waals surface area contributed by atoms with Crippen molar-refractivity contribution in [2.75, 3.05) is 5.32 Å². The van der Waals surface area contributed by atoms with Gasteiger partial charge in [-0.25, -0.2) is 0 Å². The van der Waals surface area contributed by atoms with Gasteiger partial charge in [-0.3, -0.25) is 9.36 Å². The topological polar surface area (TPSA) is 59.8 Å². The molecular formula is C19H19ClN4OS. The lowest BCUT2D eigenvalue weighted by Gasteiger charge is -2.15. The number of carbonyl (C=O) groups excluding carboxylic acids is 1. The molecule has 134 valence electrons. The number of hydrogen-bond acceptors (Lipinski definition) is 4. The molecule has 0 saturated heterocycles. The van der Waals surface area contributed by atoms with Gasteiger partial charge in [0.25, 0.3) is 0 Å². The molecule has 2 aromatic carbocycles. The highest BCUT2D eigenvalue weighted by Crippen LogP contribution is 2.29. The lowest BCUT2D eigenvalue weighted by molar-refractivity contribution is -0.115. The Bertz CT molecular complexity index is 903. The number of para-hydroxylation sites is 1. The lowest BCUT2D eigenvalue weighted by Crippen LogP contribution is -2.23. The first-order valence-electron chi connectivity index (χ1n) is 8.15. The molecule has 7 heteroatoms. The van der Waals surface area contributed by atoms with Gasteiger partial charge in [-0.1, -0.05) is 47.6 Å². The number of nitrogens with zero attached hydrogens (tertiary/aromatic N) is 3. The Kier molecular flexibility index (Phi) is 5.64. The van der Waals surface area contributed by atoms with Crippen LogP contribution in [0.1, 0.15) is 18.1 Å². The Hall–Kier alpha value is -2.31. The number of nitrogens with one attached hydrogen (secondary N) is 1. The summed E-state index contributed by atoms with van der Waals surface area (Å²) in [6, 6.07) is 13.6. The highest BCUT2D eigenvalue weighted by atomic mass is 35.5. The first-order valence-corrected chi connectivity index (χ1v) is 9.41. The van der Waals surface area contributed by atoms with Crippen LogP contribution in [0, 0.1) is 13.8 Å². The van der Waals surface area contributed by atoms with E-state index in [1.54, 1.807) is 6.33 Å². The van der Waals surface area contributed by atoms with Crippen LogP contribution in [0.3, 0.4) is 0 Å². The maximum atomic E-state index is 12.6. The molecule has 0 spiro atoms. The van der Waals surface area contributed by atoms with Gasteiger partial charge in [0, 0.05) is 5.69 Å². The molecule has 1 atom stereocenters. The smallest absolute Gasteiger partial charge is 0.237 e. The molecule has 0 fully saturated rings. The summed E-state index contributed by atoms with van der Waals surface area (Å²) >= 11 is 7.63. The molecule has 1 amide bonds. The van der Waals surface area contributed by atoms with Crippen LogP contribution in [0.15, 0.2) is 53.9 Å². The number of anilines is 1. The second-order valence-electron chi connectivity index (χ2n) is 6.01. The number of thioether (sulfide) groups is 1. The minimum atomic E-state index is -0.363. The fourth-order valence-electron chi connectivity index (χ4n) is 2.58. The van der Waals surface area contributed by atoms with Crippen molar-refractivity contribution in [2.24, 2.45) is 0 Å². The molecule has 5 nitrogen and oxygen atoms in total. The maximum Gasteiger partial charge on any atom is 0.237 e. The van der Waals surface area contributed by atoms with E-state index < -0.39 is 0 Å². The molecule has 0 saturated carbocycles. The Morgan fingerprint density at radius 3 is 2.65 bits per heavy atom. The minimum absolute atomic E-state index is 0.133. The van der Waals surface area contributed by atoms with E-state index in [0.717, 1.165) is 16.8 Å². The molecule has 1 aromatic heterocycles. The third-order valence-electron chi connectivity index (χ3n) is 3.88. The maximum absolute atomic E-state index is 12.6. The number of amides is 1. The van der Waals surface area contributed by atoms with E-state index >= 15 is 0 Å². The van der Waals surface area contributed by atoms with Crippen LogP contribution in [0.4, 0.5) is 5.69 Å². The zero-order chi connectivity index (χ0) is 18.7. The van der Waals surface area contributed by atoms with E-state index in [-0.39, 0.29) is 11.2 Å². The number of rotatable bonds is 5. The molecule has 0 aliphatic rings. The Morgan fingerprint density at radius 2 is 1.96 bits per heavy atom. The largest absolute Gasteiger partial charge is 0.324 e. The number of aromatic nitrogens is 3. The number of carbonyl (C=O) groups is 1. The van der Waals surface area contributed by atoms with Gasteiger partial charge in [-0.15, -0.1) is 10.2 Å². The van der Waals surface area contributed by atoms with Crippen LogP contribution in [-0.4, -0.2) is 25.9 Å². The zero-order valence-electron chi connectivity index (χ0n) is 14.7. The SMILES string of the molecule is Cc1cc(C)c(NC(=O)C(C)Sc2nncn2-c2ccccc2)c(Cl)c1. The highest BCUT2D eigenvalue weighted by molar-refractivity contribution is 8.00. The third-order valence-corrected chi connectivity index (χ3v) is 5.24. The molecule has 1 unspecified atom stereocenters. The number of halogens is 1. The van der Waals surface area contributed by atoms with Crippen molar-refractivity contribution in [3.05, 3.63) is 64.9 Å². The van der Waals surface area contributed by atoms with Gasteiger partial charge in [0.15, 0.2) is 5.16 Å². The van der Waals surface area contributed by atoms with Crippen molar-refractivity contribution in [3.63, 3.8) is 0 Å². The Balaban J connectivity index is 1.74. The van der Waals surface area contributed by atoms with E-state index in [0.29, 0.717) is 15.9 Å². The minimum Gasteiger partial charge on any atom is -0.324 e. The summed E-state index contributed by atoms with van der Waals surface area (Å²) in [7, 11) is 0. The van der Waals surface area contributed by atoms with Crippen LogP contribution in [-0.2, 0) is 4.79 Å². The summed E-state index contributed by atoms with van der Waals surface area (Å²) in [5.74, 6) is -0.133. The molecule has 1 N–H and O–H groups in total. The first-order chi connectivity index (χ1) is 12.5. The summed E-state index contributed by atoms with van der Waals surface area (Å²) in [5, 5.41) is 11.9. The summed E-state index contributed by atoms with van der Waals surface area (Å²) in [6.45, 7) is 5.74. The summed E-state index contributed by atoms with van der Waals surface area (Å²) in [5.41, 5.74) is 3.60. The monoisotopic (exact) mass is 386 g/mol. The Labute approximate surface area is 161 Å². The van der Waals surface area contributed by atoms with Crippen molar-refractivity contribution < 1.29 is 4.79 Å². The lowest BCUT2D eigenvalue weighted by atomic mass is 10.1. The van der Waals surface area contributed by atoms with Gasteiger partial charge < -0.3 is 5.32 Å². The van der Waals surface area contributed by atoms with Crippen LogP contribution >= 0.6 is 23.4 Å². The summed E-state index contributed by atoms with van der Waals surface area (Å²) in [6.07, 6.45) is 1.64. The van der Waals surface area contributed by atoms with Crippen molar-refractivity contribution in [1.82, 2.24) is 14.8 Å². The molecular weight excluding hydrogens is 368 g/mol. The summed E-state index contributed by atoms with van der Waals surface area (Å²) in [4.78, 5) is 12.6. The fourth-order valence-corrected chi connectivity index (χ4v) is 3.79. The van der Waals surface area contributed by atoms with E-state index in [9.17, 15) is 4.79 Å². The average Bonchev–Trinajstić information content (AvgIpc) is 3.06. The predicted octanol–water partition coefficient (Wildman–Crippen LogP) is 4.66. The number of benzene rings is 2. The molecule has 0 bridgehead atoms. The van der Waals surface area contributed by atoms with Gasteiger partial charge >= 0.3 is 0 Å². The average molecular weight is 387 g/mol. The van der Waals surface area contributed by atoms with Gasteiger partial charge in [0.1, 0.15) is 6.33 Å². The van der Waals surface area contributed by atoms with E-state index in [1.165, 1.54) is 11.8 Å². The number of aryl methyl sites for hydroxylation is 2. The van der Waals surface area contributed by atoms with Gasteiger partial charge in [0.2, 0.25) is 5.91 Å². The Morgan fingerprint density at radius 1 is 1.23 bits per heavy atom. The molecule has 26 heavy (non-hydrogen) atoms. The van der Waals surface area contributed by atoms with E-state index in [2.05, 4.69) is 15.5 Å². The van der Waals surface area contributed by atoms with Gasteiger partial charge in [0.05, 0.1) is 16.0 Å². The molecule has 0 aliphatic heterocycles. The quantitative estimate of drug-likeness (QED) is 0.648. The molecule has 0 aliphatic carbocycles. The van der Waals surface area contributed by atoms with Crippen molar-refractivity contribution in [3.8, 4) is 5.69 Å². The molecule has 3 rings (SSSR count). The first kappa shape index (κ1) is 18.5. The van der Waals surface area contributed by atoms with Crippen molar-refractivity contribution >= 4 is 35.0 Å². The summed E-state index contributed by atoms with van der Waals surface area (Å²) < 4.78 is 1.86. The molecule has 1 heterocycles. The normalized spacial score (nSPS) is 12.0. The predicted molar refractivity (Wildman–Crippen MR) is 106 cm³/mol. The second-order valence-corrected chi connectivity index (χ2v) is 7.72. The van der Waals surface area contributed by atoms with Gasteiger partial charge in [-0.2, -0.15) is 0 Å². The van der Waals surface area contributed by atoms with Gasteiger partial charge in [-0.05, 0) is 50.1 Å². The third kappa shape index (κ3) is 4.08. The highest BCUT2D eigenvalue weighted by Gasteiger charge is 2.20. The van der Waals surface area contributed by atoms with Crippen LogP contribution < -0.4 is 5.32 Å². The van der Waals surface area contributed by atoms with E-state index in [1.807, 2.05) is 67.8 Å². The zero-order valence-corrected chi connectivity index (χ0v) is 16.3. The number of hydrogen-bond donors (Lipinski definition) is 1. The standard InChI is InChI=1S/C19H19ClN4OS/c1-12-9-13(2)17(16(20)10-12)22-18(25)14(3)26-19-23-21-11-24(19)15-7-5-4-6-8-15/h4-11,14H,1-3H3,(H,22,25). The molecule has 0 radical (unpaired) electrons. The van der Waals surface area contributed by atoms with E-state index in [4.69, 9.17) is 11.6 Å². The second kappa shape index (κ2) is 7.93. The van der Waals surface area contributed by atoms with Crippen LogP contribution in [0.25, 0.3) is 5.69 Å².